The molecule has 1 fully saturated rings. The van der Waals surface area contributed by atoms with Crippen molar-refractivity contribution < 1.29 is 14.0 Å². The van der Waals surface area contributed by atoms with E-state index in [2.05, 4.69) is 15.7 Å². The van der Waals surface area contributed by atoms with Gasteiger partial charge in [-0.15, -0.1) is 0 Å². The molecule has 0 aromatic carbocycles. The number of aromatic nitrogens is 2. The number of amides is 2. The molecular weight excluding hydrogens is 358 g/mol. The minimum atomic E-state index is -0.477. The first-order valence-electron chi connectivity index (χ1n) is 9.77. The molecule has 152 valence electrons. The molecule has 28 heavy (non-hydrogen) atoms. The van der Waals surface area contributed by atoms with Crippen LogP contribution in [0.4, 0.5) is 0 Å². The molecule has 3 heterocycles. The lowest BCUT2D eigenvalue weighted by Crippen LogP contribution is -2.56. The molecule has 1 aliphatic rings. The number of carbonyl (C=O) groups excluding carboxylic acids is 2. The summed E-state index contributed by atoms with van der Waals surface area (Å²) in [4.78, 5) is 26.7. The van der Waals surface area contributed by atoms with Crippen molar-refractivity contribution in [3.05, 3.63) is 41.1 Å². The summed E-state index contributed by atoms with van der Waals surface area (Å²) in [6.45, 7) is 9.00. The van der Waals surface area contributed by atoms with E-state index in [0.717, 1.165) is 35.9 Å². The third-order valence-corrected chi connectivity index (χ3v) is 4.95. The average molecular weight is 387 g/mol. The second-order valence-corrected chi connectivity index (χ2v) is 7.35. The molecule has 0 radical (unpaired) electrons. The van der Waals surface area contributed by atoms with E-state index in [0.29, 0.717) is 26.2 Å². The van der Waals surface area contributed by atoms with Crippen molar-refractivity contribution in [3.63, 3.8) is 0 Å². The molecule has 1 aliphatic heterocycles. The molecule has 1 atom stereocenters. The molecule has 0 bridgehead atoms. The molecule has 2 aromatic rings. The van der Waals surface area contributed by atoms with Crippen LogP contribution in [0.25, 0.3) is 0 Å². The highest BCUT2D eigenvalue weighted by Crippen LogP contribution is 2.15. The van der Waals surface area contributed by atoms with E-state index >= 15 is 0 Å². The van der Waals surface area contributed by atoms with Crippen LogP contribution in [0.3, 0.4) is 0 Å². The van der Waals surface area contributed by atoms with E-state index in [1.807, 2.05) is 48.6 Å². The van der Waals surface area contributed by atoms with E-state index in [-0.39, 0.29) is 18.2 Å². The summed E-state index contributed by atoms with van der Waals surface area (Å²) in [7, 11) is 0. The van der Waals surface area contributed by atoms with Crippen molar-refractivity contribution in [2.24, 2.45) is 0 Å². The van der Waals surface area contributed by atoms with Crippen LogP contribution in [-0.2, 0) is 22.7 Å². The van der Waals surface area contributed by atoms with Crippen molar-refractivity contribution in [3.8, 4) is 0 Å². The Balaban J connectivity index is 1.47. The van der Waals surface area contributed by atoms with Crippen LogP contribution < -0.4 is 10.6 Å². The van der Waals surface area contributed by atoms with Crippen LogP contribution in [0.15, 0.2) is 22.6 Å². The van der Waals surface area contributed by atoms with Crippen molar-refractivity contribution in [2.45, 2.75) is 52.7 Å². The molecule has 2 amide bonds. The lowest BCUT2D eigenvalue weighted by Gasteiger charge is -2.34. The zero-order valence-corrected chi connectivity index (χ0v) is 16.8. The van der Waals surface area contributed by atoms with Gasteiger partial charge in [0, 0.05) is 31.9 Å². The number of nitrogens with zero attached hydrogens (tertiary/aromatic N) is 3. The second kappa shape index (κ2) is 9.05. The Morgan fingerprint density at radius 2 is 2.18 bits per heavy atom. The van der Waals surface area contributed by atoms with Gasteiger partial charge in [0.1, 0.15) is 11.5 Å². The summed E-state index contributed by atoms with van der Waals surface area (Å²) in [6, 6.07) is 5.38. The molecule has 8 nitrogen and oxygen atoms in total. The first kappa shape index (κ1) is 20.1. The Kier molecular flexibility index (Phi) is 6.51. The highest BCUT2D eigenvalue weighted by atomic mass is 16.3. The molecule has 0 saturated carbocycles. The normalized spacial score (nSPS) is 17.5. The standard InChI is InChI=1S/C20H29N5O3/c1-14-11-15(2)25(23-14)9-4-7-21-19(26)12-18-20(27)22-8-10-24(18)13-17-6-5-16(3)28-17/h5-6,11,18H,4,7-10,12-13H2,1-3H3,(H,21,26)(H,22,27). The number of rotatable bonds is 8. The third-order valence-electron chi connectivity index (χ3n) is 4.95. The zero-order chi connectivity index (χ0) is 20.1. The quantitative estimate of drug-likeness (QED) is 0.666. The van der Waals surface area contributed by atoms with Crippen molar-refractivity contribution >= 4 is 11.8 Å². The molecule has 1 saturated heterocycles. The van der Waals surface area contributed by atoms with Gasteiger partial charge in [-0.25, -0.2) is 0 Å². The highest BCUT2D eigenvalue weighted by Gasteiger charge is 2.32. The molecule has 0 aliphatic carbocycles. The van der Waals surface area contributed by atoms with Gasteiger partial charge in [-0.2, -0.15) is 5.10 Å². The molecular formula is C20H29N5O3. The number of hydrogen-bond donors (Lipinski definition) is 2. The van der Waals surface area contributed by atoms with Gasteiger partial charge in [0.2, 0.25) is 11.8 Å². The Hall–Kier alpha value is -2.61. The molecule has 2 N–H and O–H groups in total. The van der Waals surface area contributed by atoms with Crippen LogP contribution in [-0.4, -0.2) is 52.2 Å². The minimum absolute atomic E-state index is 0.104. The molecule has 3 rings (SSSR count). The fourth-order valence-corrected chi connectivity index (χ4v) is 3.55. The molecule has 8 heteroatoms. The van der Waals surface area contributed by atoms with Crippen LogP contribution in [0.5, 0.6) is 0 Å². The van der Waals surface area contributed by atoms with Gasteiger partial charge < -0.3 is 15.1 Å². The number of aryl methyl sites for hydroxylation is 4. The first-order chi connectivity index (χ1) is 13.4. The maximum atomic E-state index is 12.4. The molecule has 1 unspecified atom stereocenters. The van der Waals surface area contributed by atoms with Gasteiger partial charge in [0.05, 0.1) is 24.7 Å². The zero-order valence-electron chi connectivity index (χ0n) is 16.8. The first-order valence-corrected chi connectivity index (χ1v) is 9.77. The summed E-state index contributed by atoms with van der Waals surface area (Å²) in [5.74, 6) is 1.43. The lowest BCUT2D eigenvalue weighted by molar-refractivity contribution is -0.134. The summed E-state index contributed by atoms with van der Waals surface area (Å²) in [6.07, 6.45) is 0.936. The summed E-state index contributed by atoms with van der Waals surface area (Å²) in [5, 5.41) is 10.2. The van der Waals surface area contributed by atoms with Gasteiger partial charge in [-0.3, -0.25) is 19.2 Å². The van der Waals surface area contributed by atoms with Crippen LogP contribution in [0.1, 0.15) is 35.7 Å². The van der Waals surface area contributed by atoms with Gasteiger partial charge in [0.25, 0.3) is 0 Å². The Morgan fingerprint density at radius 1 is 1.36 bits per heavy atom. The highest BCUT2D eigenvalue weighted by molar-refractivity contribution is 5.88. The fraction of sp³-hybridized carbons (Fsp3) is 0.550. The van der Waals surface area contributed by atoms with E-state index < -0.39 is 6.04 Å². The monoisotopic (exact) mass is 387 g/mol. The minimum Gasteiger partial charge on any atom is -0.465 e. The molecule has 2 aromatic heterocycles. The third kappa shape index (κ3) is 5.22. The van der Waals surface area contributed by atoms with Gasteiger partial charge in [0.15, 0.2) is 0 Å². The predicted molar refractivity (Wildman–Crippen MR) is 105 cm³/mol. The summed E-state index contributed by atoms with van der Waals surface area (Å²) >= 11 is 0. The van der Waals surface area contributed by atoms with E-state index in [9.17, 15) is 9.59 Å². The van der Waals surface area contributed by atoms with Crippen LogP contribution in [0.2, 0.25) is 0 Å². The predicted octanol–water partition coefficient (Wildman–Crippen LogP) is 1.30. The summed E-state index contributed by atoms with van der Waals surface area (Å²) in [5.41, 5.74) is 2.11. The van der Waals surface area contributed by atoms with Gasteiger partial charge in [-0.1, -0.05) is 0 Å². The number of furan rings is 1. The smallest absolute Gasteiger partial charge is 0.237 e. The van der Waals surface area contributed by atoms with Crippen molar-refractivity contribution in [2.75, 3.05) is 19.6 Å². The van der Waals surface area contributed by atoms with E-state index in [4.69, 9.17) is 4.42 Å². The summed E-state index contributed by atoms with van der Waals surface area (Å²) < 4.78 is 7.57. The Bertz CT molecular complexity index is 826. The maximum Gasteiger partial charge on any atom is 0.237 e. The van der Waals surface area contributed by atoms with Crippen LogP contribution >= 0.6 is 0 Å². The Labute approximate surface area is 165 Å². The second-order valence-electron chi connectivity index (χ2n) is 7.35. The lowest BCUT2D eigenvalue weighted by atomic mass is 10.1. The van der Waals surface area contributed by atoms with Gasteiger partial charge in [-0.05, 0) is 45.4 Å². The molecule has 0 spiro atoms. The average Bonchev–Trinajstić information content (AvgIpc) is 3.19. The van der Waals surface area contributed by atoms with Crippen molar-refractivity contribution in [1.29, 1.82) is 0 Å². The SMILES string of the molecule is Cc1cc(C)n(CCCNC(=O)CC2C(=O)NCCN2Cc2ccc(C)o2)n1. The van der Waals surface area contributed by atoms with Gasteiger partial charge >= 0.3 is 0 Å². The Morgan fingerprint density at radius 3 is 2.86 bits per heavy atom. The maximum absolute atomic E-state index is 12.4. The fourth-order valence-electron chi connectivity index (χ4n) is 3.55. The van der Waals surface area contributed by atoms with Crippen molar-refractivity contribution in [1.82, 2.24) is 25.3 Å². The van der Waals surface area contributed by atoms with E-state index in [1.54, 1.807) is 0 Å². The topological polar surface area (TPSA) is 92.4 Å². The van der Waals surface area contributed by atoms with Crippen LogP contribution in [0, 0.1) is 20.8 Å². The number of piperazine rings is 1. The largest absolute Gasteiger partial charge is 0.465 e. The number of nitrogens with one attached hydrogen (secondary N) is 2. The number of carbonyl (C=O) groups is 2. The number of hydrogen-bond acceptors (Lipinski definition) is 5. The van der Waals surface area contributed by atoms with E-state index in [1.165, 1.54) is 0 Å².